The van der Waals surface area contributed by atoms with Gasteiger partial charge in [-0.1, -0.05) is 25.1 Å². The maximum absolute atomic E-state index is 12.7. The second kappa shape index (κ2) is 7.95. The molecule has 0 aliphatic heterocycles. The van der Waals surface area contributed by atoms with Crippen molar-refractivity contribution >= 4 is 39.3 Å². The summed E-state index contributed by atoms with van der Waals surface area (Å²) < 4.78 is 5.64. The number of carbonyl (C=O) groups excluding carboxylic acids is 1. The SMILES string of the molecule is CC1CCc2c(sc3nc(SC(C)C(=O)OC4CCCCC4)[nH]c(=O)c23)C1. The molecule has 1 N–H and O–H groups in total. The third kappa shape index (κ3) is 4.09. The summed E-state index contributed by atoms with van der Waals surface area (Å²) in [5.74, 6) is 0.446. The highest BCUT2D eigenvalue weighted by molar-refractivity contribution is 8.00. The van der Waals surface area contributed by atoms with Crippen LogP contribution in [-0.4, -0.2) is 27.3 Å². The van der Waals surface area contributed by atoms with Crippen LogP contribution in [-0.2, 0) is 22.4 Å². The fourth-order valence-corrected chi connectivity index (χ4v) is 6.27. The van der Waals surface area contributed by atoms with Gasteiger partial charge in [-0.3, -0.25) is 9.59 Å². The molecule has 2 atom stereocenters. The molecule has 7 heteroatoms. The van der Waals surface area contributed by atoms with Gasteiger partial charge in [0.05, 0.1) is 5.39 Å². The molecule has 1 fully saturated rings. The summed E-state index contributed by atoms with van der Waals surface area (Å²) in [7, 11) is 0. The molecule has 1 saturated carbocycles. The fraction of sp³-hybridized carbons (Fsp3) is 0.650. The molecule has 5 nitrogen and oxygen atoms in total. The number of hydrogen-bond acceptors (Lipinski definition) is 6. The number of fused-ring (bicyclic) bond motifs is 3. The summed E-state index contributed by atoms with van der Waals surface area (Å²) in [6, 6.07) is 0. The lowest BCUT2D eigenvalue weighted by atomic mass is 9.89. The number of thioether (sulfide) groups is 1. The van der Waals surface area contributed by atoms with Crippen LogP contribution in [0.5, 0.6) is 0 Å². The van der Waals surface area contributed by atoms with Crippen molar-refractivity contribution in [2.75, 3.05) is 0 Å². The highest BCUT2D eigenvalue weighted by Crippen LogP contribution is 2.36. The largest absolute Gasteiger partial charge is 0.462 e. The van der Waals surface area contributed by atoms with Crippen molar-refractivity contribution < 1.29 is 9.53 Å². The number of H-pyrrole nitrogens is 1. The molecule has 0 aromatic carbocycles. The zero-order chi connectivity index (χ0) is 19.0. The molecule has 2 heterocycles. The van der Waals surface area contributed by atoms with E-state index in [1.807, 2.05) is 6.92 Å². The first-order valence-corrected chi connectivity index (χ1v) is 11.6. The number of ether oxygens (including phenoxy) is 1. The van der Waals surface area contributed by atoms with Crippen LogP contribution >= 0.6 is 23.1 Å². The monoisotopic (exact) mass is 406 g/mol. The molecule has 2 unspecified atom stereocenters. The number of thiophene rings is 1. The number of aryl methyl sites for hydroxylation is 1. The normalized spacial score (nSPS) is 21.8. The van der Waals surface area contributed by atoms with Crippen LogP contribution < -0.4 is 5.56 Å². The fourth-order valence-electron chi connectivity index (χ4n) is 4.04. The molecule has 0 saturated heterocycles. The van der Waals surface area contributed by atoms with Gasteiger partial charge in [-0.05, 0) is 63.4 Å². The van der Waals surface area contributed by atoms with Crippen LogP contribution in [0.2, 0.25) is 0 Å². The molecule has 2 aliphatic rings. The van der Waals surface area contributed by atoms with Crippen LogP contribution in [0.1, 0.15) is 62.8 Å². The first kappa shape index (κ1) is 19.0. The average Bonchev–Trinajstić information content (AvgIpc) is 3.00. The van der Waals surface area contributed by atoms with Gasteiger partial charge >= 0.3 is 5.97 Å². The zero-order valence-electron chi connectivity index (χ0n) is 15.9. The van der Waals surface area contributed by atoms with E-state index >= 15 is 0 Å². The molecule has 0 amide bonds. The second-order valence-electron chi connectivity index (χ2n) is 7.86. The number of carbonyl (C=O) groups is 1. The van der Waals surface area contributed by atoms with E-state index in [4.69, 9.17) is 4.74 Å². The average molecular weight is 407 g/mol. The summed E-state index contributed by atoms with van der Waals surface area (Å²) in [6.07, 6.45) is 8.58. The number of hydrogen-bond donors (Lipinski definition) is 1. The Bertz CT molecular complexity index is 898. The van der Waals surface area contributed by atoms with E-state index in [9.17, 15) is 9.59 Å². The smallest absolute Gasteiger partial charge is 0.319 e. The van der Waals surface area contributed by atoms with Crippen molar-refractivity contribution in [1.29, 1.82) is 0 Å². The number of nitrogens with zero attached hydrogens (tertiary/aromatic N) is 1. The lowest BCUT2D eigenvalue weighted by Crippen LogP contribution is -2.26. The van der Waals surface area contributed by atoms with E-state index in [0.29, 0.717) is 11.1 Å². The van der Waals surface area contributed by atoms with Crippen molar-refractivity contribution in [2.24, 2.45) is 5.92 Å². The molecular weight excluding hydrogens is 380 g/mol. The number of nitrogens with one attached hydrogen (secondary N) is 1. The third-order valence-corrected chi connectivity index (χ3v) is 7.71. The van der Waals surface area contributed by atoms with E-state index in [1.165, 1.54) is 28.6 Å². The predicted octanol–water partition coefficient (Wildman–Crippen LogP) is 4.47. The number of aromatic amines is 1. The second-order valence-corrected chi connectivity index (χ2v) is 10.3. The number of rotatable bonds is 4. The molecule has 2 aromatic heterocycles. The van der Waals surface area contributed by atoms with Gasteiger partial charge in [0.2, 0.25) is 0 Å². The Morgan fingerprint density at radius 1 is 1.30 bits per heavy atom. The Morgan fingerprint density at radius 2 is 2.07 bits per heavy atom. The van der Waals surface area contributed by atoms with Crippen LogP contribution in [0, 0.1) is 5.92 Å². The van der Waals surface area contributed by atoms with Gasteiger partial charge in [0, 0.05) is 4.88 Å². The standard InChI is InChI=1S/C20H26N2O3S2/c1-11-8-9-14-15(10-11)27-18-16(14)17(23)21-20(22-18)26-12(2)19(24)25-13-6-4-3-5-7-13/h11-13H,3-10H2,1-2H3,(H,21,22,23). The summed E-state index contributed by atoms with van der Waals surface area (Å²) in [5, 5.41) is 0.873. The summed E-state index contributed by atoms with van der Waals surface area (Å²) in [6.45, 7) is 4.08. The predicted molar refractivity (Wildman–Crippen MR) is 110 cm³/mol. The van der Waals surface area contributed by atoms with Crippen molar-refractivity contribution in [3.05, 3.63) is 20.8 Å². The van der Waals surface area contributed by atoms with Crippen molar-refractivity contribution in [3.63, 3.8) is 0 Å². The summed E-state index contributed by atoms with van der Waals surface area (Å²) in [5.41, 5.74) is 1.10. The van der Waals surface area contributed by atoms with E-state index in [2.05, 4.69) is 16.9 Å². The maximum Gasteiger partial charge on any atom is 0.319 e. The lowest BCUT2D eigenvalue weighted by Gasteiger charge is -2.23. The molecule has 146 valence electrons. The topological polar surface area (TPSA) is 72.0 Å². The first-order valence-electron chi connectivity index (χ1n) is 9.93. The highest BCUT2D eigenvalue weighted by atomic mass is 32.2. The highest BCUT2D eigenvalue weighted by Gasteiger charge is 2.25. The van der Waals surface area contributed by atoms with Crippen LogP contribution in [0.25, 0.3) is 10.2 Å². The quantitative estimate of drug-likeness (QED) is 0.461. The molecule has 27 heavy (non-hydrogen) atoms. The van der Waals surface area contributed by atoms with E-state index in [1.54, 1.807) is 11.3 Å². The van der Waals surface area contributed by atoms with Crippen LogP contribution in [0.4, 0.5) is 0 Å². The van der Waals surface area contributed by atoms with Gasteiger partial charge in [-0.25, -0.2) is 4.98 Å². The van der Waals surface area contributed by atoms with E-state index in [-0.39, 0.29) is 22.9 Å². The third-order valence-electron chi connectivity index (χ3n) is 5.60. The Balaban J connectivity index is 1.50. The minimum Gasteiger partial charge on any atom is -0.462 e. The Kier molecular flexibility index (Phi) is 5.60. The Morgan fingerprint density at radius 3 is 2.85 bits per heavy atom. The lowest BCUT2D eigenvalue weighted by molar-refractivity contribution is -0.149. The molecule has 0 spiro atoms. The molecule has 0 bridgehead atoms. The summed E-state index contributed by atoms with van der Waals surface area (Å²) >= 11 is 2.92. The van der Waals surface area contributed by atoms with Gasteiger partial charge < -0.3 is 9.72 Å². The molecule has 2 aromatic rings. The van der Waals surface area contributed by atoms with Crippen molar-refractivity contribution in [3.8, 4) is 0 Å². The minimum atomic E-state index is -0.387. The van der Waals surface area contributed by atoms with Gasteiger partial charge in [-0.2, -0.15) is 0 Å². The minimum absolute atomic E-state index is 0.0507. The maximum atomic E-state index is 12.7. The van der Waals surface area contributed by atoms with Gasteiger partial charge in [0.25, 0.3) is 5.56 Å². The van der Waals surface area contributed by atoms with Crippen LogP contribution in [0.15, 0.2) is 9.95 Å². The molecule has 2 aliphatic carbocycles. The molecule has 0 radical (unpaired) electrons. The van der Waals surface area contributed by atoms with Gasteiger partial charge in [0.15, 0.2) is 5.16 Å². The van der Waals surface area contributed by atoms with Gasteiger partial charge in [-0.15, -0.1) is 11.3 Å². The summed E-state index contributed by atoms with van der Waals surface area (Å²) in [4.78, 5) is 34.7. The van der Waals surface area contributed by atoms with Crippen molar-refractivity contribution in [1.82, 2.24) is 9.97 Å². The Labute approximate surface area is 167 Å². The van der Waals surface area contributed by atoms with Gasteiger partial charge in [0.1, 0.15) is 16.2 Å². The van der Waals surface area contributed by atoms with Crippen LogP contribution in [0.3, 0.4) is 0 Å². The number of esters is 1. The first-order chi connectivity index (χ1) is 13.0. The molecular formula is C20H26N2O3S2. The van der Waals surface area contributed by atoms with E-state index in [0.717, 1.165) is 55.2 Å². The van der Waals surface area contributed by atoms with E-state index < -0.39 is 0 Å². The molecule has 4 rings (SSSR count). The van der Waals surface area contributed by atoms with Crippen molar-refractivity contribution in [2.45, 2.75) is 81.7 Å². The zero-order valence-corrected chi connectivity index (χ0v) is 17.5. The number of aromatic nitrogens is 2. The Hall–Kier alpha value is -1.34.